The summed E-state index contributed by atoms with van der Waals surface area (Å²) in [7, 11) is -2.35. The summed E-state index contributed by atoms with van der Waals surface area (Å²) < 4.78 is 35.7. The van der Waals surface area contributed by atoms with Gasteiger partial charge in [-0.25, -0.2) is 2.51 Å². The molecule has 0 fully saturated rings. The van der Waals surface area contributed by atoms with Crippen LogP contribution in [0, 0.1) is 10.5 Å². The Kier molecular flexibility index (Phi) is 5.00. The van der Waals surface area contributed by atoms with Crippen LogP contribution in [0.25, 0.3) is 0 Å². The minimum absolute atomic E-state index is 0.0706. The number of hydrogen-bond donors (Lipinski definition) is 0. The fourth-order valence-electron chi connectivity index (χ4n) is 1.56. The van der Waals surface area contributed by atoms with Crippen molar-refractivity contribution < 1.29 is 15.7 Å². The SMILES string of the molecule is COc1cc(C)ccc1S(=O)(=O)O[I]c1ccccc1. The molecule has 107 valence electrons. The standard InChI is InChI=1S/C14H14IO4S/c1-11-8-9-14(13(10-11)18-2)20(16,17)19-15-12-6-4-3-5-7-12/h3-10H,1-2H3. The van der Waals surface area contributed by atoms with Crippen molar-refractivity contribution in [2.45, 2.75) is 11.8 Å². The molecule has 0 amide bonds. The van der Waals surface area contributed by atoms with Gasteiger partial charge in [0.2, 0.25) is 0 Å². The monoisotopic (exact) mass is 405 g/mol. The van der Waals surface area contributed by atoms with Crippen molar-refractivity contribution in [2.24, 2.45) is 0 Å². The molecule has 0 aliphatic carbocycles. The van der Waals surface area contributed by atoms with Crippen LogP contribution >= 0.6 is 21.6 Å². The van der Waals surface area contributed by atoms with E-state index in [1.807, 2.05) is 37.3 Å². The molecule has 20 heavy (non-hydrogen) atoms. The molecule has 0 aliphatic heterocycles. The molecule has 2 rings (SSSR count). The second-order valence-corrected chi connectivity index (χ2v) is 8.28. The molecule has 0 N–H and O–H groups in total. The highest BCUT2D eigenvalue weighted by atomic mass is 127. The zero-order valence-electron chi connectivity index (χ0n) is 11.0. The van der Waals surface area contributed by atoms with Crippen LogP contribution in [0.3, 0.4) is 0 Å². The summed E-state index contributed by atoms with van der Waals surface area (Å²) in [4.78, 5) is 0.0706. The number of rotatable bonds is 5. The molecule has 1 radical (unpaired) electrons. The molecule has 0 aliphatic rings. The van der Waals surface area contributed by atoms with E-state index in [9.17, 15) is 8.42 Å². The first-order chi connectivity index (χ1) is 9.53. The van der Waals surface area contributed by atoms with Crippen molar-refractivity contribution >= 4 is 31.7 Å². The summed E-state index contributed by atoms with van der Waals surface area (Å²) in [6, 6.07) is 14.2. The van der Waals surface area contributed by atoms with Crippen LogP contribution in [0.15, 0.2) is 53.4 Å². The highest BCUT2D eigenvalue weighted by molar-refractivity contribution is 14.2. The molecule has 2 aromatic rings. The van der Waals surface area contributed by atoms with Crippen molar-refractivity contribution in [3.05, 3.63) is 57.7 Å². The van der Waals surface area contributed by atoms with Crippen molar-refractivity contribution in [1.29, 1.82) is 0 Å². The molecule has 2 aromatic carbocycles. The molecule has 0 spiro atoms. The van der Waals surface area contributed by atoms with Gasteiger partial charge in [-0.2, -0.15) is 8.42 Å². The molecule has 0 saturated carbocycles. The topological polar surface area (TPSA) is 52.6 Å². The molecular weight excluding hydrogens is 391 g/mol. The van der Waals surface area contributed by atoms with Gasteiger partial charge in [-0.3, -0.25) is 0 Å². The number of methoxy groups -OCH3 is 1. The van der Waals surface area contributed by atoms with Crippen LogP contribution in [-0.4, -0.2) is 15.5 Å². The Morgan fingerprint density at radius 3 is 2.40 bits per heavy atom. The minimum Gasteiger partial charge on any atom is -0.495 e. The van der Waals surface area contributed by atoms with Gasteiger partial charge < -0.3 is 4.74 Å². The lowest BCUT2D eigenvalue weighted by atomic mass is 10.2. The first kappa shape index (κ1) is 15.3. The quantitative estimate of drug-likeness (QED) is 0.716. The van der Waals surface area contributed by atoms with Crippen molar-refractivity contribution in [1.82, 2.24) is 0 Å². The van der Waals surface area contributed by atoms with Crippen molar-refractivity contribution in [3.63, 3.8) is 0 Å². The van der Waals surface area contributed by atoms with Gasteiger partial charge in [-0.1, -0.05) is 24.3 Å². The van der Waals surface area contributed by atoms with E-state index >= 15 is 0 Å². The van der Waals surface area contributed by atoms with Crippen LogP contribution in [0.1, 0.15) is 5.56 Å². The third-order valence-corrected chi connectivity index (χ3v) is 6.82. The molecule has 0 bridgehead atoms. The van der Waals surface area contributed by atoms with E-state index in [0.717, 1.165) is 9.13 Å². The first-order valence-corrected chi connectivity index (χ1v) is 9.18. The molecular formula is C14H14IO4S. The molecule has 0 aromatic heterocycles. The largest absolute Gasteiger partial charge is 0.495 e. The summed E-state index contributed by atoms with van der Waals surface area (Å²) in [5, 5.41) is 0. The first-order valence-electron chi connectivity index (χ1n) is 5.81. The van der Waals surface area contributed by atoms with Crippen LogP contribution in [0.4, 0.5) is 0 Å². The lowest BCUT2D eigenvalue weighted by molar-refractivity contribution is 0.400. The number of benzene rings is 2. The maximum absolute atomic E-state index is 12.2. The maximum atomic E-state index is 12.2. The fraction of sp³-hybridized carbons (Fsp3) is 0.143. The average molecular weight is 405 g/mol. The van der Waals surface area contributed by atoms with E-state index in [4.69, 9.17) is 7.25 Å². The molecule has 0 atom stereocenters. The summed E-state index contributed by atoms with van der Waals surface area (Å²) in [6.45, 7) is 1.87. The van der Waals surface area contributed by atoms with Gasteiger partial charge in [-0.15, -0.1) is 0 Å². The Morgan fingerprint density at radius 1 is 1.05 bits per heavy atom. The third kappa shape index (κ3) is 3.71. The molecule has 6 heteroatoms. The maximum Gasteiger partial charge on any atom is 0.309 e. The number of halogens is 1. The summed E-state index contributed by atoms with van der Waals surface area (Å²) in [5.74, 6) is 0.307. The van der Waals surface area contributed by atoms with Gasteiger partial charge >= 0.3 is 10.1 Å². The fourth-order valence-corrected chi connectivity index (χ4v) is 5.03. The Hall–Kier alpha value is -1.12. The van der Waals surface area contributed by atoms with Gasteiger partial charge in [0.15, 0.2) is 0 Å². The Morgan fingerprint density at radius 2 is 1.75 bits per heavy atom. The minimum atomic E-state index is -3.79. The molecule has 0 heterocycles. The molecule has 4 nitrogen and oxygen atoms in total. The zero-order chi connectivity index (χ0) is 14.6. The predicted octanol–water partition coefficient (Wildman–Crippen LogP) is 3.46. The zero-order valence-corrected chi connectivity index (χ0v) is 14.0. The predicted molar refractivity (Wildman–Crippen MR) is 85.2 cm³/mol. The highest BCUT2D eigenvalue weighted by Gasteiger charge is 2.21. The van der Waals surface area contributed by atoms with E-state index in [1.165, 1.54) is 13.2 Å². The van der Waals surface area contributed by atoms with E-state index in [0.29, 0.717) is 5.75 Å². The third-order valence-electron chi connectivity index (χ3n) is 2.53. The summed E-state index contributed by atoms with van der Waals surface area (Å²) in [6.07, 6.45) is 0. The van der Waals surface area contributed by atoms with Crippen molar-refractivity contribution in [2.75, 3.05) is 7.11 Å². The van der Waals surface area contributed by atoms with Crippen LogP contribution in [0.5, 0.6) is 5.75 Å². The van der Waals surface area contributed by atoms with Gasteiger partial charge in [0, 0.05) is 3.57 Å². The van der Waals surface area contributed by atoms with E-state index in [1.54, 1.807) is 12.1 Å². The second kappa shape index (κ2) is 6.55. The Labute approximate surface area is 129 Å². The molecule has 0 unspecified atom stereocenters. The highest BCUT2D eigenvalue weighted by Crippen LogP contribution is 2.33. The van der Waals surface area contributed by atoms with Gasteiger partial charge in [-0.05, 0) is 36.8 Å². The summed E-state index contributed by atoms with van der Waals surface area (Å²) in [5.41, 5.74) is 0.929. The van der Waals surface area contributed by atoms with Crippen molar-refractivity contribution in [3.8, 4) is 5.75 Å². The number of hydrogen-bond acceptors (Lipinski definition) is 4. The second-order valence-electron chi connectivity index (χ2n) is 4.04. The van der Waals surface area contributed by atoms with E-state index < -0.39 is 31.7 Å². The smallest absolute Gasteiger partial charge is 0.309 e. The van der Waals surface area contributed by atoms with Gasteiger partial charge in [0.25, 0.3) is 0 Å². The average Bonchev–Trinajstić information content (AvgIpc) is 2.46. The van der Waals surface area contributed by atoms with Gasteiger partial charge in [0.05, 0.1) is 28.7 Å². The lowest BCUT2D eigenvalue weighted by Gasteiger charge is -2.09. The Balaban J connectivity index is 2.22. The van der Waals surface area contributed by atoms with Crippen LogP contribution in [-0.2, 0) is 12.6 Å². The van der Waals surface area contributed by atoms with Gasteiger partial charge in [0.1, 0.15) is 10.6 Å². The summed E-state index contributed by atoms with van der Waals surface area (Å²) >= 11 is -1.06. The van der Waals surface area contributed by atoms with Crippen LogP contribution < -0.4 is 4.74 Å². The number of aryl methyl sites for hydroxylation is 1. The number of ether oxygens (including phenoxy) is 1. The Bertz CT molecular complexity index is 684. The van der Waals surface area contributed by atoms with Crippen LogP contribution in [0.2, 0.25) is 0 Å². The normalized spacial score (nSPS) is 11.3. The molecule has 0 saturated heterocycles. The van der Waals surface area contributed by atoms with E-state index in [2.05, 4.69) is 0 Å². The lowest BCUT2D eigenvalue weighted by Crippen LogP contribution is -2.04. The van der Waals surface area contributed by atoms with E-state index in [-0.39, 0.29) is 4.90 Å².